The normalized spacial score (nSPS) is 13.2. The van der Waals surface area contributed by atoms with Crippen molar-refractivity contribution in [3.8, 4) is 5.69 Å². The lowest BCUT2D eigenvalue weighted by Crippen LogP contribution is -2.32. The van der Waals surface area contributed by atoms with E-state index in [-0.39, 0.29) is 16.0 Å². The lowest BCUT2D eigenvalue weighted by atomic mass is 10.1. The summed E-state index contributed by atoms with van der Waals surface area (Å²) in [6.07, 6.45) is 1.32. The van der Waals surface area contributed by atoms with Gasteiger partial charge < -0.3 is 4.84 Å². The standard InChI is InChI=1S/C14H7N5O4S/c20-12-8-3-1-2-4-9(8)13(21)19(12)23-14(22)11-10(5-6-24-11)18-7-15-16-17-18/h1-7H. The number of hydrogen-bond acceptors (Lipinski definition) is 8. The van der Waals surface area contributed by atoms with Crippen LogP contribution in [-0.2, 0) is 4.84 Å². The molecule has 24 heavy (non-hydrogen) atoms. The van der Waals surface area contributed by atoms with E-state index in [4.69, 9.17) is 4.84 Å². The number of amides is 2. The maximum atomic E-state index is 12.4. The average Bonchev–Trinajstić information content (AvgIpc) is 3.31. The summed E-state index contributed by atoms with van der Waals surface area (Å²) in [6, 6.07) is 7.89. The summed E-state index contributed by atoms with van der Waals surface area (Å²) in [7, 11) is 0. The zero-order valence-corrected chi connectivity index (χ0v) is 12.6. The van der Waals surface area contributed by atoms with E-state index in [2.05, 4.69) is 15.5 Å². The molecule has 0 N–H and O–H groups in total. The smallest absolute Gasteiger partial charge is 0.323 e. The van der Waals surface area contributed by atoms with E-state index >= 15 is 0 Å². The number of tetrazole rings is 1. The molecule has 0 aliphatic carbocycles. The molecule has 1 aromatic carbocycles. The molecule has 0 saturated carbocycles. The Balaban J connectivity index is 1.62. The predicted octanol–water partition coefficient (Wildman–Crippen LogP) is 1.09. The summed E-state index contributed by atoms with van der Waals surface area (Å²) in [6.45, 7) is 0. The Hall–Kier alpha value is -3.40. The second-order valence-corrected chi connectivity index (χ2v) is 5.63. The van der Waals surface area contributed by atoms with Crippen LogP contribution in [0.4, 0.5) is 0 Å². The summed E-state index contributed by atoms with van der Waals surface area (Å²) >= 11 is 1.09. The number of imide groups is 1. The van der Waals surface area contributed by atoms with Gasteiger partial charge in [0.15, 0.2) is 0 Å². The third-order valence-corrected chi connectivity index (χ3v) is 4.24. The Bertz CT molecular complexity index is 930. The van der Waals surface area contributed by atoms with Gasteiger partial charge in [0.2, 0.25) is 0 Å². The molecule has 0 radical (unpaired) electrons. The Labute approximate surface area is 138 Å². The molecule has 0 saturated heterocycles. The zero-order valence-electron chi connectivity index (χ0n) is 11.8. The van der Waals surface area contributed by atoms with Crippen LogP contribution in [0, 0.1) is 0 Å². The summed E-state index contributed by atoms with van der Waals surface area (Å²) in [5, 5.41) is 12.8. The molecule has 3 aromatic rings. The van der Waals surface area contributed by atoms with Crippen LogP contribution in [0.3, 0.4) is 0 Å². The Kier molecular flexibility index (Phi) is 3.17. The van der Waals surface area contributed by atoms with E-state index in [1.165, 1.54) is 23.1 Å². The number of carbonyl (C=O) groups excluding carboxylic acids is 3. The molecule has 9 nitrogen and oxygen atoms in total. The molecule has 1 aliphatic rings. The molecule has 0 fully saturated rings. The van der Waals surface area contributed by atoms with Gasteiger partial charge in [-0.1, -0.05) is 17.2 Å². The van der Waals surface area contributed by atoms with Crippen molar-refractivity contribution in [2.45, 2.75) is 0 Å². The Morgan fingerprint density at radius 3 is 2.42 bits per heavy atom. The molecule has 0 spiro atoms. The van der Waals surface area contributed by atoms with Crippen molar-refractivity contribution in [2.75, 3.05) is 0 Å². The number of fused-ring (bicyclic) bond motifs is 1. The van der Waals surface area contributed by atoms with Crippen molar-refractivity contribution < 1.29 is 19.2 Å². The van der Waals surface area contributed by atoms with Crippen LogP contribution in [0.25, 0.3) is 5.69 Å². The fraction of sp³-hybridized carbons (Fsp3) is 0. The highest BCUT2D eigenvalue weighted by atomic mass is 32.1. The first-order chi connectivity index (χ1) is 11.7. The van der Waals surface area contributed by atoms with Gasteiger partial charge in [0.05, 0.1) is 16.8 Å². The van der Waals surface area contributed by atoms with Gasteiger partial charge in [0.1, 0.15) is 11.2 Å². The molecular weight excluding hydrogens is 334 g/mol. The Morgan fingerprint density at radius 2 is 1.79 bits per heavy atom. The molecule has 4 rings (SSSR count). The molecule has 2 aromatic heterocycles. The molecule has 0 unspecified atom stereocenters. The van der Waals surface area contributed by atoms with Crippen molar-refractivity contribution in [1.82, 2.24) is 25.3 Å². The molecule has 3 heterocycles. The minimum Gasteiger partial charge on any atom is -0.323 e. The van der Waals surface area contributed by atoms with Crippen LogP contribution in [0.15, 0.2) is 42.0 Å². The maximum Gasteiger partial charge on any atom is 0.376 e. The fourth-order valence-electron chi connectivity index (χ4n) is 2.28. The van der Waals surface area contributed by atoms with Crippen LogP contribution in [0.2, 0.25) is 0 Å². The van der Waals surface area contributed by atoms with E-state index in [0.717, 1.165) is 11.3 Å². The molecule has 0 bridgehead atoms. The van der Waals surface area contributed by atoms with Gasteiger partial charge in [-0.05, 0) is 34.0 Å². The van der Waals surface area contributed by atoms with Crippen molar-refractivity contribution in [3.05, 3.63) is 58.0 Å². The summed E-state index contributed by atoms with van der Waals surface area (Å²) < 4.78 is 1.29. The van der Waals surface area contributed by atoms with Crippen molar-refractivity contribution in [3.63, 3.8) is 0 Å². The third kappa shape index (κ3) is 2.08. The number of rotatable bonds is 3. The summed E-state index contributed by atoms with van der Waals surface area (Å²) in [5.41, 5.74) is 0.788. The molecular formula is C14H7N5O4S. The van der Waals surface area contributed by atoms with Gasteiger partial charge in [-0.15, -0.1) is 16.4 Å². The maximum absolute atomic E-state index is 12.4. The lowest BCUT2D eigenvalue weighted by Gasteiger charge is -2.12. The summed E-state index contributed by atoms with van der Waals surface area (Å²) in [4.78, 5) is 42.0. The first-order valence-electron chi connectivity index (χ1n) is 6.68. The van der Waals surface area contributed by atoms with E-state index < -0.39 is 17.8 Å². The molecule has 1 aliphatic heterocycles. The van der Waals surface area contributed by atoms with Crippen LogP contribution < -0.4 is 0 Å². The van der Waals surface area contributed by atoms with Gasteiger partial charge in [0.25, 0.3) is 11.8 Å². The van der Waals surface area contributed by atoms with Gasteiger partial charge in [-0.25, -0.2) is 4.79 Å². The van der Waals surface area contributed by atoms with Gasteiger partial charge in [-0.2, -0.15) is 4.68 Å². The number of thiophene rings is 1. The number of hydroxylamine groups is 2. The van der Waals surface area contributed by atoms with Crippen LogP contribution >= 0.6 is 11.3 Å². The highest BCUT2D eigenvalue weighted by Gasteiger charge is 2.39. The number of nitrogens with zero attached hydrogens (tertiary/aromatic N) is 5. The van der Waals surface area contributed by atoms with E-state index in [1.807, 2.05) is 0 Å². The number of carbonyl (C=O) groups is 3. The average molecular weight is 341 g/mol. The van der Waals surface area contributed by atoms with Gasteiger partial charge >= 0.3 is 5.97 Å². The molecule has 118 valence electrons. The fourth-order valence-corrected chi connectivity index (χ4v) is 3.03. The minimum atomic E-state index is -0.843. The van der Waals surface area contributed by atoms with E-state index in [0.29, 0.717) is 10.8 Å². The van der Waals surface area contributed by atoms with Crippen molar-refractivity contribution >= 4 is 29.1 Å². The Morgan fingerprint density at radius 1 is 1.08 bits per heavy atom. The second-order valence-electron chi connectivity index (χ2n) is 4.72. The van der Waals surface area contributed by atoms with Crippen LogP contribution in [-0.4, -0.2) is 43.1 Å². The van der Waals surface area contributed by atoms with Gasteiger partial charge in [0, 0.05) is 0 Å². The first kappa shape index (κ1) is 14.2. The SMILES string of the molecule is O=C(ON1C(=O)c2ccccc2C1=O)c1sccc1-n1cnnn1. The highest BCUT2D eigenvalue weighted by molar-refractivity contribution is 7.12. The van der Waals surface area contributed by atoms with Crippen LogP contribution in [0.1, 0.15) is 30.4 Å². The van der Waals surface area contributed by atoms with Crippen LogP contribution in [0.5, 0.6) is 0 Å². The molecule has 2 amide bonds. The first-order valence-corrected chi connectivity index (χ1v) is 7.56. The second kappa shape index (κ2) is 5.35. The quantitative estimate of drug-likeness (QED) is 0.656. The molecule has 10 heteroatoms. The lowest BCUT2D eigenvalue weighted by molar-refractivity contribution is -0.0581. The monoisotopic (exact) mass is 341 g/mol. The zero-order chi connectivity index (χ0) is 16.7. The molecule has 0 atom stereocenters. The van der Waals surface area contributed by atoms with Gasteiger partial charge in [-0.3, -0.25) is 9.59 Å². The number of aromatic nitrogens is 4. The highest BCUT2D eigenvalue weighted by Crippen LogP contribution is 2.26. The van der Waals surface area contributed by atoms with E-state index in [9.17, 15) is 14.4 Å². The third-order valence-electron chi connectivity index (χ3n) is 3.36. The van der Waals surface area contributed by atoms with E-state index in [1.54, 1.807) is 23.6 Å². The summed E-state index contributed by atoms with van der Waals surface area (Å²) in [5.74, 6) is -2.20. The topological polar surface area (TPSA) is 107 Å². The predicted molar refractivity (Wildman–Crippen MR) is 79.4 cm³/mol. The number of benzene rings is 1. The minimum absolute atomic E-state index is 0.166. The largest absolute Gasteiger partial charge is 0.376 e. The number of hydrogen-bond donors (Lipinski definition) is 0. The van der Waals surface area contributed by atoms with Crippen molar-refractivity contribution in [2.24, 2.45) is 0 Å². The van der Waals surface area contributed by atoms with Crippen molar-refractivity contribution in [1.29, 1.82) is 0 Å².